The number of nitrogens with zero attached hydrogens (tertiary/aromatic N) is 7. The van der Waals surface area contributed by atoms with Crippen molar-refractivity contribution in [2.45, 2.75) is 175 Å². The number of carboxylic acid groups (broad SMARTS) is 4. The van der Waals surface area contributed by atoms with Crippen LogP contribution in [0.1, 0.15) is 125 Å². The van der Waals surface area contributed by atoms with E-state index in [0.29, 0.717) is 47.1 Å². The number of rotatable bonds is 34. The third-order valence-corrected chi connectivity index (χ3v) is 10.8. The fourth-order valence-corrected chi connectivity index (χ4v) is 7.40. The Labute approximate surface area is 457 Å². The Balaban J connectivity index is 2.14. The topological polar surface area (TPSA) is 404 Å². The Kier molecular flexibility index (Phi) is 27.0. The van der Waals surface area contributed by atoms with E-state index in [9.17, 15) is 73.2 Å². The minimum atomic E-state index is -1.42. The number of nitrogens with one attached hydrogen (secondary N) is 3. The van der Waals surface area contributed by atoms with E-state index in [0.717, 1.165) is 0 Å². The first-order valence-electron chi connectivity index (χ1n) is 25.5. The molecule has 0 bridgehead atoms. The van der Waals surface area contributed by atoms with Crippen LogP contribution < -0.4 is 21.7 Å². The molecule has 0 saturated heterocycles. The van der Waals surface area contributed by atoms with Crippen LogP contribution in [0.25, 0.3) is 0 Å². The molecule has 79 heavy (non-hydrogen) atoms. The predicted molar refractivity (Wildman–Crippen MR) is 277 cm³/mol. The maximum absolute atomic E-state index is 13.3. The van der Waals surface area contributed by atoms with Gasteiger partial charge in [0.15, 0.2) is 0 Å². The SMILES string of the molecule is CC(C)(C)OC(=O)CC[C@H](NC(=O)N[C@@H](CCCCNC(=O)[C@@H](N)CCCCN(Cc1nccn1CC(=O)N(CC(=O)O)CC(=O)O)Cc1nccn1CC(=O)N(CC(=O)O)CC(=O)O)C(=O)OC(C)(C)C)C(=O)OC(C)(C)C. The van der Waals surface area contributed by atoms with Gasteiger partial charge in [-0.05, 0) is 107 Å². The zero-order valence-corrected chi connectivity index (χ0v) is 46.5. The molecule has 0 aromatic carbocycles. The van der Waals surface area contributed by atoms with Gasteiger partial charge in [0.25, 0.3) is 0 Å². The van der Waals surface area contributed by atoms with E-state index < -0.39 is 140 Å². The molecular weight excluding hydrogens is 1040 g/mol. The lowest BCUT2D eigenvalue weighted by Crippen LogP contribution is -2.53. The Morgan fingerprint density at radius 1 is 0.582 bits per heavy atom. The molecule has 2 aromatic heterocycles. The number of hydrogen-bond donors (Lipinski definition) is 8. The lowest BCUT2D eigenvalue weighted by Gasteiger charge is -2.27. The molecule has 29 heteroatoms. The normalized spacial score (nSPS) is 12.8. The second kappa shape index (κ2) is 31.6. The Morgan fingerprint density at radius 3 is 1.39 bits per heavy atom. The average Bonchev–Trinajstić information content (AvgIpc) is 3.93. The van der Waals surface area contributed by atoms with Gasteiger partial charge in [-0.3, -0.25) is 43.3 Å². The number of aromatic nitrogens is 4. The molecule has 0 radical (unpaired) electrons. The van der Waals surface area contributed by atoms with E-state index in [1.807, 2.05) is 4.90 Å². The molecule has 0 aliphatic carbocycles. The standard InChI is InChI=1S/C50H79N11O18/c1-48(2,3)77-43(72)17-16-34(46(75)79-50(7,8)9)56-47(76)55-33(45(74)78-49(4,5)6)15-10-12-18-54-44(73)32(51)14-11-13-21-57(24-35-52-19-22-58(35)26-37(62)60(28-39(64)65)29-40(66)67)25-36-53-20-23-59(36)27-38(63)61(30-41(68)69)31-42(70)71/h19-20,22-23,32-34H,10-18,21,24-31,51H2,1-9H3,(H,54,73)(H,64,65)(H,66,67)(H,68,69)(H,70,71)(H2,55,56,76)/t32-,33-,34-/m0/s1. The van der Waals surface area contributed by atoms with Gasteiger partial charge in [-0.15, -0.1) is 0 Å². The Hall–Kier alpha value is -7.69. The van der Waals surface area contributed by atoms with Crippen LogP contribution in [0, 0.1) is 0 Å². The monoisotopic (exact) mass is 1120 g/mol. The first-order valence-corrected chi connectivity index (χ1v) is 25.5. The third kappa shape index (κ3) is 28.5. The predicted octanol–water partition coefficient (Wildman–Crippen LogP) is 0.703. The summed E-state index contributed by atoms with van der Waals surface area (Å²) in [7, 11) is 0. The van der Waals surface area contributed by atoms with Gasteiger partial charge in [0, 0.05) is 37.8 Å². The largest absolute Gasteiger partial charge is 0.480 e. The van der Waals surface area contributed by atoms with Crippen molar-refractivity contribution in [3.8, 4) is 0 Å². The molecule has 0 aliphatic rings. The zero-order chi connectivity index (χ0) is 59.8. The number of carbonyl (C=O) groups excluding carboxylic acids is 7. The van der Waals surface area contributed by atoms with E-state index in [1.54, 1.807) is 62.3 Å². The molecule has 0 unspecified atom stereocenters. The average molecular weight is 1120 g/mol. The number of ether oxygens (including phenoxy) is 3. The van der Waals surface area contributed by atoms with Crippen LogP contribution in [-0.2, 0) is 88.3 Å². The highest BCUT2D eigenvalue weighted by atomic mass is 16.6. The summed E-state index contributed by atoms with van der Waals surface area (Å²) in [6, 6.07) is -4.29. The lowest BCUT2D eigenvalue weighted by molar-refractivity contribution is -0.159. The highest BCUT2D eigenvalue weighted by Crippen LogP contribution is 2.17. The molecular formula is C50H79N11O18. The first-order chi connectivity index (χ1) is 36.6. The highest BCUT2D eigenvalue weighted by Gasteiger charge is 2.32. The van der Waals surface area contributed by atoms with Gasteiger partial charge in [0.05, 0.1) is 19.1 Å². The second-order valence-electron chi connectivity index (χ2n) is 21.5. The maximum atomic E-state index is 13.3. The molecule has 3 atom stereocenters. The molecule has 442 valence electrons. The number of amides is 5. The van der Waals surface area contributed by atoms with Crippen LogP contribution in [-0.4, -0.2) is 194 Å². The number of imidazole rings is 2. The van der Waals surface area contributed by atoms with Gasteiger partial charge in [0.2, 0.25) is 17.7 Å². The van der Waals surface area contributed by atoms with Gasteiger partial charge in [-0.2, -0.15) is 0 Å². The summed E-state index contributed by atoms with van der Waals surface area (Å²) in [4.78, 5) is 149. The van der Waals surface area contributed by atoms with Gasteiger partial charge in [-0.25, -0.2) is 24.4 Å². The third-order valence-electron chi connectivity index (χ3n) is 10.8. The molecule has 29 nitrogen and oxygen atoms in total. The number of urea groups is 1. The minimum absolute atomic E-state index is 0.0209. The maximum Gasteiger partial charge on any atom is 0.329 e. The first kappa shape index (κ1) is 67.4. The van der Waals surface area contributed by atoms with Crippen LogP contribution >= 0.6 is 0 Å². The lowest BCUT2D eigenvalue weighted by atomic mass is 10.1. The highest BCUT2D eigenvalue weighted by molar-refractivity contribution is 5.88. The summed E-state index contributed by atoms with van der Waals surface area (Å²) in [6.45, 7) is 11.1. The number of esters is 3. The molecule has 5 amide bonds. The van der Waals surface area contributed by atoms with Crippen LogP contribution in [0.4, 0.5) is 4.79 Å². The number of carbonyl (C=O) groups is 11. The van der Waals surface area contributed by atoms with Gasteiger partial charge >= 0.3 is 47.8 Å². The van der Waals surface area contributed by atoms with Crippen molar-refractivity contribution in [3.63, 3.8) is 0 Å². The molecule has 2 rings (SSSR count). The number of unbranched alkanes of at least 4 members (excludes halogenated alkanes) is 2. The summed E-state index contributed by atoms with van der Waals surface area (Å²) >= 11 is 0. The van der Waals surface area contributed by atoms with Gasteiger partial charge < -0.3 is 75.3 Å². The molecule has 2 aromatic rings. The number of carboxylic acids is 4. The van der Waals surface area contributed by atoms with Crippen LogP contribution in [0.15, 0.2) is 24.8 Å². The molecule has 9 N–H and O–H groups in total. The van der Waals surface area contributed by atoms with E-state index in [1.165, 1.54) is 33.9 Å². The summed E-state index contributed by atoms with van der Waals surface area (Å²) < 4.78 is 19.2. The quantitative estimate of drug-likeness (QED) is 0.0272. The summed E-state index contributed by atoms with van der Waals surface area (Å²) in [6.07, 6.45) is 7.08. The van der Waals surface area contributed by atoms with Crippen molar-refractivity contribution >= 4 is 65.5 Å². The minimum Gasteiger partial charge on any atom is -0.480 e. The van der Waals surface area contributed by atoms with Crippen molar-refractivity contribution < 1.29 is 87.4 Å². The number of aliphatic carboxylic acids is 4. The smallest absolute Gasteiger partial charge is 0.329 e. The fraction of sp³-hybridized carbons (Fsp3) is 0.660. The van der Waals surface area contributed by atoms with Crippen molar-refractivity contribution in [1.82, 2.24) is 49.8 Å². The van der Waals surface area contributed by atoms with E-state index in [4.69, 9.17) is 19.9 Å². The molecule has 2 heterocycles. The Morgan fingerprint density at radius 2 is 0.987 bits per heavy atom. The van der Waals surface area contributed by atoms with Gasteiger partial charge in [-0.1, -0.05) is 6.42 Å². The number of hydrogen-bond acceptors (Lipinski definition) is 18. The fourth-order valence-electron chi connectivity index (χ4n) is 7.40. The molecule has 0 fully saturated rings. The molecule has 0 aliphatic heterocycles. The second-order valence-corrected chi connectivity index (χ2v) is 21.5. The van der Waals surface area contributed by atoms with Crippen molar-refractivity contribution in [2.24, 2.45) is 5.73 Å². The van der Waals surface area contributed by atoms with Gasteiger partial charge in [0.1, 0.15) is 79.8 Å². The van der Waals surface area contributed by atoms with E-state index in [2.05, 4.69) is 25.9 Å². The van der Waals surface area contributed by atoms with Crippen molar-refractivity contribution in [1.29, 1.82) is 0 Å². The molecule has 0 spiro atoms. The number of nitrogens with two attached hydrogens (primary N) is 1. The Bertz CT molecular complexity index is 2300. The summed E-state index contributed by atoms with van der Waals surface area (Å²) in [5, 5.41) is 45.0. The van der Waals surface area contributed by atoms with Crippen LogP contribution in [0.5, 0.6) is 0 Å². The van der Waals surface area contributed by atoms with Crippen LogP contribution in [0.2, 0.25) is 0 Å². The summed E-state index contributed by atoms with van der Waals surface area (Å²) in [5.74, 6) is -9.31. The van der Waals surface area contributed by atoms with E-state index in [-0.39, 0.29) is 51.9 Å². The molecule has 0 saturated carbocycles. The van der Waals surface area contributed by atoms with E-state index >= 15 is 0 Å². The summed E-state index contributed by atoms with van der Waals surface area (Å²) in [5.41, 5.74) is 3.67. The zero-order valence-electron chi connectivity index (χ0n) is 46.5. The van der Waals surface area contributed by atoms with Crippen molar-refractivity contribution in [2.75, 3.05) is 39.3 Å². The van der Waals surface area contributed by atoms with Crippen molar-refractivity contribution in [3.05, 3.63) is 36.4 Å². The van der Waals surface area contributed by atoms with Crippen LogP contribution in [0.3, 0.4) is 0 Å².